The van der Waals surface area contributed by atoms with E-state index < -0.39 is 11.6 Å². The van der Waals surface area contributed by atoms with Crippen LogP contribution in [0.4, 0.5) is 0 Å². The van der Waals surface area contributed by atoms with Gasteiger partial charge in [-0.05, 0) is 167 Å². The van der Waals surface area contributed by atoms with Crippen molar-refractivity contribution in [2.45, 2.75) is 182 Å². The molecule has 0 bridgehead atoms. The fraction of sp³-hybridized carbons (Fsp3) is 0.586. The van der Waals surface area contributed by atoms with E-state index in [2.05, 4.69) is 165 Å². The first kappa shape index (κ1) is 54.1. The first-order chi connectivity index (χ1) is 31.1. The predicted molar refractivity (Wildman–Crippen MR) is 282 cm³/mol. The minimum absolute atomic E-state index is 0.000826. The molecule has 2 fully saturated rings. The van der Waals surface area contributed by atoms with Crippen molar-refractivity contribution in [2.75, 3.05) is 37.5 Å². The van der Waals surface area contributed by atoms with Crippen LogP contribution in [0.25, 0.3) is 0 Å². The molecule has 6 nitrogen and oxygen atoms in total. The minimum Gasteiger partial charge on any atom is -0.491 e. The number of rotatable bonds is 19. The summed E-state index contributed by atoms with van der Waals surface area (Å²) in [6, 6.07) is 27.6. The summed E-state index contributed by atoms with van der Waals surface area (Å²) in [6.45, 7) is 34.8. The summed E-state index contributed by atoms with van der Waals surface area (Å²) >= 11 is 5.61. The fourth-order valence-electron chi connectivity index (χ4n) is 9.86. The molecule has 2 aliphatic rings. The highest BCUT2D eigenvalue weighted by atomic mass is 79.9. The Kier molecular flexibility index (Phi) is 19.0. The second kappa shape index (κ2) is 23.2. The zero-order valence-corrected chi connectivity index (χ0v) is 45.7. The van der Waals surface area contributed by atoms with Crippen LogP contribution in [0.2, 0.25) is 0 Å². The number of hydrogen-bond donors (Lipinski definition) is 0. The molecule has 4 aromatic carbocycles. The molecule has 364 valence electrons. The lowest BCUT2D eigenvalue weighted by molar-refractivity contribution is -0.141. The van der Waals surface area contributed by atoms with Crippen LogP contribution in [0.5, 0.6) is 11.5 Å². The van der Waals surface area contributed by atoms with Gasteiger partial charge in [0, 0.05) is 20.9 Å². The van der Waals surface area contributed by atoms with Crippen molar-refractivity contribution < 1.29 is 28.4 Å². The van der Waals surface area contributed by atoms with Crippen LogP contribution >= 0.6 is 27.7 Å². The molecule has 2 heterocycles. The van der Waals surface area contributed by atoms with Gasteiger partial charge >= 0.3 is 0 Å². The summed E-state index contributed by atoms with van der Waals surface area (Å²) in [5.74, 6) is 1.96. The Bertz CT molecular complexity index is 2180. The average Bonchev–Trinajstić information content (AvgIpc) is 3.81. The molecule has 0 aromatic heterocycles. The van der Waals surface area contributed by atoms with Gasteiger partial charge in [-0.25, -0.2) is 0 Å². The molecule has 66 heavy (non-hydrogen) atoms. The molecule has 0 amide bonds. The lowest BCUT2D eigenvalue weighted by Gasteiger charge is -2.34. The van der Waals surface area contributed by atoms with E-state index in [0.29, 0.717) is 31.2 Å². The van der Waals surface area contributed by atoms with E-state index in [-0.39, 0.29) is 23.0 Å². The number of hydrogen-bond acceptors (Lipinski definition) is 7. The molecule has 0 spiro atoms. The van der Waals surface area contributed by atoms with Gasteiger partial charge in [0.2, 0.25) is 0 Å². The van der Waals surface area contributed by atoms with Crippen molar-refractivity contribution in [1.29, 1.82) is 0 Å². The van der Waals surface area contributed by atoms with Gasteiger partial charge in [0.05, 0.1) is 13.2 Å². The van der Waals surface area contributed by atoms with Crippen LogP contribution in [0, 0.1) is 27.7 Å². The van der Waals surface area contributed by atoms with Crippen LogP contribution < -0.4 is 9.47 Å². The van der Waals surface area contributed by atoms with Crippen molar-refractivity contribution in [2.24, 2.45) is 0 Å². The Morgan fingerprint density at radius 2 is 0.924 bits per heavy atom. The van der Waals surface area contributed by atoms with Crippen molar-refractivity contribution in [1.82, 2.24) is 0 Å². The third kappa shape index (κ3) is 13.7. The summed E-state index contributed by atoms with van der Waals surface area (Å²) in [7, 11) is 0. The second-order valence-electron chi connectivity index (χ2n) is 20.5. The molecule has 2 saturated heterocycles. The van der Waals surface area contributed by atoms with Gasteiger partial charge in [0.1, 0.15) is 36.9 Å². The smallest absolute Gasteiger partial charge is 0.163 e. The Hall–Kier alpha value is -2.85. The van der Waals surface area contributed by atoms with Crippen LogP contribution in [0.15, 0.2) is 72.8 Å². The first-order valence-electron chi connectivity index (χ1n) is 24.6. The normalized spacial score (nSPS) is 18.2. The van der Waals surface area contributed by atoms with E-state index in [9.17, 15) is 0 Å². The van der Waals surface area contributed by atoms with E-state index in [1.54, 1.807) is 0 Å². The number of ether oxygens (including phenoxy) is 6. The van der Waals surface area contributed by atoms with Crippen LogP contribution in [0.1, 0.15) is 157 Å². The Labute approximate surface area is 413 Å². The molecule has 2 atom stereocenters. The average molecular weight is 988 g/mol. The summed E-state index contributed by atoms with van der Waals surface area (Å²) in [4.78, 5) is 0. The van der Waals surface area contributed by atoms with E-state index in [1.165, 1.54) is 50.1 Å². The third-order valence-electron chi connectivity index (χ3n) is 13.9. The molecular formula is C58H83BrO6S. The van der Waals surface area contributed by atoms with Crippen molar-refractivity contribution in [3.63, 3.8) is 0 Å². The van der Waals surface area contributed by atoms with Crippen molar-refractivity contribution in [3.05, 3.63) is 128 Å². The fourth-order valence-corrected chi connectivity index (χ4v) is 11.2. The van der Waals surface area contributed by atoms with Crippen LogP contribution in [0.3, 0.4) is 0 Å². The Morgan fingerprint density at radius 3 is 1.23 bits per heavy atom. The van der Waals surface area contributed by atoms with E-state index >= 15 is 0 Å². The molecule has 2 aliphatic heterocycles. The lowest BCUT2D eigenvalue weighted by atomic mass is 9.70. The summed E-state index contributed by atoms with van der Waals surface area (Å²) in [6.07, 6.45) is 6.37. The van der Waals surface area contributed by atoms with Gasteiger partial charge in [0.15, 0.2) is 11.6 Å². The largest absolute Gasteiger partial charge is 0.491 e. The number of thioether (sulfide) groups is 1. The third-order valence-corrected chi connectivity index (χ3v) is 15.6. The molecule has 0 aliphatic carbocycles. The highest BCUT2D eigenvalue weighted by Crippen LogP contribution is 2.43. The van der Waals surface area contributed by atoms with Crippen molar-refractivity contribution in [3.8, 4) is 11.5 Å². The van der Waals surface area contributed by atoms with Gasteiger partial charge in [0.25, 0.3) is 0 Å². The molecule has 0 saturated carbocycles. The molecule has 0 radical (unpaired) electrons. The number of halogens is 1. The van der Waals surface area contributed by atoms with E-state index in [0.717, 1.165) is 66.7 Å². The molecule has 0 unspecified atom stereocenters. The molecular weight excluding hydrogens is 905 g/mol. The minimum atomic E-state index is -0.520. The first-order valence-corrected chi connectivity index (χ1v) is 26.8. The highest BCUT2D eigenvalue weighted by Gasteiger charge is 2.36. The maximum absolute atomic E-state index is 6.14. The van der Waals surface area contributed by atoms with Gasteiger partial charge < -0.3 is 28.4 Å². The Morgan fingerprint density at radius 1 is 0.561 bits per heavy atom. The molecule has 6 rings (SSSR count). The quantitative estimate of drug-likeness (QED) is 0.0868. The maximum atomic E-state index is 6.14. The highest BCUT2D eigenvalue weighted by molar-refractivity contribution is 9.09. The number of aryl methyl sites for hydroxylation is 6. The maximum Gasteiger partial charge on any atom is 0.163 e. The standard InChI is InChI=1S/C31H46O3S.C27H37BrO3/c1-10-31(11-2,25-13-12-24(22(3)18-25)16-17-35-29(5,6)7)26-14-15-28(23(4)19-26)32-20-27-21-33-30(8,9)34-27;1-7-27(8-2,22-10-9-21(13-14-28)19(3)15-22)23-11-12-25(20(4)16-23)29-17-24-18-30-26(5,6)31-24/h12-15,18-19,27H,10-11,16-17,20-21H2,1-9H3;9-12,15-16,24H,7-8,13-14,17-18H2,1-6H3/t27-;24-/m11/s1. The van der Waals surface area contributed by atoms with E-state index in [1.807, 2.05) is 39.5 Å². The van der Waals surface area contributed by atoms with Gasteiger partial charge in [-0.1, -0.05) is 125 Å². The molecule has 0 N–H and O–H groups in total. The topological polar surface area (TPSA) is 55.4 Å². The monoisotopic (exact) mass is 987 g/mol. The Balaban J connectivity index is 0.000000249. The van der Waals surface area contributed by atoms with Gasteiger partial charge in [-0.15, -0.1) is 0 Å². The van der Waals surface area contributed by atoms with E-state index in [4.69, 9.17) is 28.4 Å². The SMILES string of the molecule is CCC(CC)(c1ccc(CCBr)c(C)c1)c1ccc(OC[C@@H]2COC(C)(C)O2)c(C)c1.CCC(CC)(c1ccc(CCSC(C)(C)C)c(C)c1)c1ccc(OC[C@@H]2COC(C)(C)O2)c(C)c1. The number of benzene rings is 4. The predicted octanol–water partition coefficient (Wildman–Crippen LogP) is 14.9. The second-order valence-corrected chi connectivity index (χ2v) is 23.2. The van der Waals surface area contributed by atoms with Crippen LogP contribution in [-0.4, -0.2) is 66.0 Å². The van der Waals surface area contributed by atoms with Crippen molar-refractivity contribution >= 4 is 27.7 Å². The summed E-state index contributed by atoms with van der Waals surface area (Å²) in [5, 5.41) is 0.996. The van der Waals surface area contributed by atoms with Gasteiger partial charge in [-0.3, -0.25) is 0 Å². The summed E-state index contributed by atoms with van der Waals surface area (Å²) in [5.41, 5.74) is 13.5. The van der Waals surface area contributed by atoms with Gasteiger partial charge in [-0.2, -0.15) is 11.8 Å². The lowest BCUT2D eigenvalue weighted by Crippen LogP contribution is -2.27. The number of alkyl halides is 1. The zero-order valence-electron chi connectivity index (χ0n) is 43.3. The molecule has 4 aromatic rings. The summed E-state index contributed by atoms with van der Waals surface area (Å²) < 4.78 is 35.6. The van der Waals surface area contributed by atoms with Crippen LogP contribution in [-0.2, 0) is 42.6 Å². The zero-order chi connectivity index (χ0) is 48.5. The molecule has 8 heteroatoms.